The number of epoxide rings is 2. The summed E-state index contributed by atoms with van der Waals surface area (Å²) in [5, 5.41) is 19.4. The van der Waals surface area contributed by atoms with Crippen molar-refractivity contribution in [3.8, 4) is 0 Å². The molecule has 0 amide bonds. The average molecular weight is 312 g/mol. The molecular formula is C16H24O6. The van der Waals surface area contributed by atoms with Gasteiger partial charge in [0.05, 0.1) is 37.3 Å². The van der Waals surface area contributed by atoms with Crippen molar-refractivity contribution in [2.45, 2.75) is 38.9 Å². The number of hydrogen-bond donors (Lipinski definition) is 2. The van der Waals surface area contributed by atoms with Crippen LogP contribution in [0.25, 0.3) is 0 Å². The first-order valence-electron chi connectivity index (χ1n) is 8.09. The molecule has 0 aromatic rings. The van der Waals surface area contributed by atoms with Gasteiger partial charge in [0.25, 0.3) is 0 Å². The molecule has 0 spiro atoms. The number of rotatable bonds is 6. The van der Waals surface area contributed by atoms with Crippen molar-refractivity contribution < 1.29 is 29.3 Å². The van der Waals surface area contributed by atoms with Gasteiger partial charge in [-0.2, -0.15) is 0 Å². The lowest BCUT2D eigenvalue weighted by atomic mass is 9.56. The van der Waals surface area contributed by atoms with Crippen LogP contribution in [-0.4, -0.2) is 47.6 Å². The third-order valence-corrected chi connectivity index (χ3v) is 5.93. The van der Waals surface area contributed by atoms with Crippen LogP contribution in [0.15, 0.2) is 0 Å². The Morgan fingerprint density at radius 3 is 1.41 bits per heavy atom. The largest absolute Gasteiger partial charge is 0.481 e. The van der Waals surface area contributed by atoms with Gasteiger partial charge in [0.1, 0.15) is 0 Å². The highest BCUT2D eigenvalue weighted by Crippen LogP contribution is 2.51. The van der Waals surface area contributed by atoms with E-state index in [9.17, 15) is 19.8 Å². The molecule has 3 rings (SSSR count). The molecule has 0 aromatic heterocycles. The highest BCUT2D eigenvalue weighted by molar-refractivity contribution is 5.81. The number of carboxylic acid groups (broad SMARTS) is 2. The summed E-state index contributed by atoms with van der Waals surface area (Å²) in [6.07, 6.45) is 1.52. The smallest absolute Gasteiger partial charge is 0.307 e. The maximum atomic E-state index is 11.8. The minimum Gasteiger partial charge on any atom is -0.481 e. The summed E-state index contributed by atoms with van der Waals surface area (Å²) in [5.41, 5.74) is 0. The third kappa shape index (κ3) is 2.99. The molecule has 124 valence electrons. The molecule has 2 aliphatic heterocycles. The topological polar surface area (TPSA) is 99.7 Å². The average Bonchev–Trinajstić information content (AvgIpc) is 3.31. The van der Waals surface area contributed by atoms with E-state index >= 15 is 0 Å². The molecular weight excluding hydrogens is 288 g/mol. The first-order chi connectivity index (χ1) is 10.4. The molecule has 2 saturated heterocycles. The van der Waals surface area contributed by atoms with Crippen molar-refractivity contribution in [3.63, 3.8) is 0 Å². The Balaban J connectivity index is 1.88. The van der Waals surface area contributed by atoms with Gasteiger partial charge < -0.3 is 19.7 Å². The van der Waals surface area contributed by atoms with Crippen molar-refractivity contribution in [1.82, 2.24) is 0 Å². The first kappa shape index (κ1) is 15.7. The normalized spacial score (nSPS) is 47.0. The first-order valence-corrected chi connectivity index (χ1v) is 8.09. The van der Waals surface area contributed by atoms with E-state index in [1.807, 2.05) is 0 Å². The van der Waals surface area contributed by atoms with E-state index in [4.69, 9.17) is 9.47 Å². The molecule has 1 aliphatic carbocycles. The zero-order valence-electron chi connectivity index (χ0n) is 13.0. The zero-order valence-corrected chi connectivity index (χ0v) is 13.0. The Morgan fingerprint density at radius 2 is 1.18 bits per heavy atom. The third-order valence-electron chi connectivity index (χ3n) is 5.93. The molecule has 1 saturated carbocycles. The summed E-state index contributed by atoms with van der Waals surface area (Å²) >= 11 is 0. The second-order valence-corrected chi connectivity index (χ2v) is 7.16. The molecule has 2 heterocycles. The highest BCUT2D eigenvalue weighted by atomic mass is 16.6. The Labute approximate surface area is 129 Å². The molecule has 0 aromatic carbocycles. The lowest BCUT2D eigenvalue weighted by Gasteiger charge is -2.47. The summed E-state index contributed by atoms with van der Waals surface area (Å²) in [7, 11) is 0. The second kappa shape index (κ2) is 5.81. The van der Waals surface area contributed by atoms with Crippen LogP contribution in [0, 0.1) is 35.5 Å². The van der Waals surface area contributed by atoms with Crippen LogP contribution in [0.4, 0.5) is 0 Å². The van der Waals surface area contributed by atoms with Gasteiger partial charge >= 0.3 is 11.9 Å². The van der Waals surface area contributed by atoms with Crippen LogP contribution in [0.5, 0.6) is 0 Å². The van der Waals surface area contributed by atoms with E-state index < -0.39 is 23.8 Å². The van der Waals surface area contributed by atoms with Gasteiger partial charge in [-0.1, -0.05) is 13.8 Å². The van der Waals surface area contributed by atoms with Crippen molar-refractivity contribution in [2.24, 2.45) is 35.5 Å². The number of carbonyl (C=O) groups is 2. The molecule has 8 atom stereocenters. The summed E-state index contributed by atoms with van der Waals surface area (Å²) in [6.45, 7) is 5.46. The van der Waals surface area contributed by atoms with Crippen LogP contribution in [-0.2, 0) is 19.1 Å². The monoisotopic (exact) mass is 312 g/mol. The Hall–Kier alpha value is -1.14. The maximum Gasteiger partial charge on any atom is 0.307 e. The van der Waals surface area contributed by atoms with Gasteiger partial charge in [0.2, 0.25) is 0 Å². The quantitative estimate of drug-likeness (QED) is 0.721. The molecule has 0 radical (unpaired) electrons. The maximum absolute atomic E-state index is 11.8. The Kier molecular flexibility index (Phi) is 4.16. The fourth-order valence-corrected chi connectivity index (χ4v) is 4.38. The van der Waals surface area contributed by atoms with Crippen LogP contribution in [0.1, 0.15) is 26.7 Å². The molecule has 8 unspecified atom stereocenters. The lowest BCUT2D eigenvalue weighted by molar-refractivity contribution is -0.168. The number of ether oxygens (including phenoxy) is 2. The van der Waals surface area contributed by atoms with Crippen LogP contribution in [0.2, 0.25) is 0 Å². The number of hydrogen-bond acceptors (Lipinski definition) is 4. The Bertz CT molecular complexity index is 414. The SMILES string of the molecule is CC1C(C)C(CC2CO2)C(C(=O)O)C(C(=O)O)C1CC1CO1. The van der Waals surface area contributed by atoms with Gasteiger partial charge in [0, 0.05) is 0 Å². The molecule has 6 heteroatoms. The second-order valence-electron chi connectivity index (χ2n) is 7.16. The van der Waals surface area contributed by atoms with E-state index in [2.05, 4.69) is 13.8 Å². The highest BCUT2D eigenvalue weighted by Gasteiger charge is 2.55. The predicted octanol–water partition coefficient (Wildman–Crippen LogP) is 1.48. The fourth-order valence-electron chi connectivity index (χ4n) is 4.38. The minimum atomic E-state index is -0.987. The van der Waals surface area contributed by atoms with Gasteiger partial charge in [0.15, 0.2) is 0 Å². The molecule has 3 aliphatic rings. The van der Waals surface area contributed by atoms with Crippen molar-refractivity contribution >= 4 is 11.9 Å². The van der Waals surface area contributed by atoms with Gasteiger partial charge in [-0.15, -0.1) is 0 Å². The zero-order chi connectivity index (χ0) is 16.0. The van der Waals surface area contributed by atoms with Gasteiger partial charge in [-0.05, 0) is 36.5 Å². The van der Waals surface area contributed by atoms with Gasteiger partial charge in [-0.25, -0.2) is 0 Å². The van der Waals surface area contributed by atoms with E-state index in [1.165, 1.54) is 0 Å². The van der Waals surface area contributed by atoms with Crippen molar-refractivity contribution in [3.05, 3.63) is 0 Å². The molecule has 3 fully saturated rings. The molecule has 2 N–H and O–H groups in total. The van der Waals surface area contributed by atoms with Crippen LogP contribution in [0.3, 0.4) is 0 Å². The Morgan fingerprint density at radius 1 is 0.864 bits per heavy atom. The van der Waals surface area contributed by atoms with Crippen molar-refractivity contribution in [2.75, 3.05) is 13.2 Å². The van der Waals surface area contributed by atoms with Crippen molar-refractivity contribution in [1.29, 1.82) is 0 Å². The van der Waals surface area contributed by atoms with E-state index in [-0.39, 0.29) is 35.9 Å². The van der Waals surface area contributed by atoms with Crippen LogP contribution >= 0.6 is 0 Å². The predicted molar refractivity (Wildman–Crippen MR) is 76.3 cm³/mol. The summed E-state index contributed by atoms with van der Waals surface area (Å²) in [5.74, 6) is -3.59. The summed E-state index contributed by atoms with van der Waals surface area (Å²) in [6, 6.07) is 0. The van der Waals surface area contributed by atoms with E-state index in [0.29, 0.717) is 26.1 Å². The number of aliphatic carboxylic acids is 2. The van der Waals surface area contributed by atoms with E-state index in [1.54, 1.807) is 0 Å². The summed E-state index contributed by atoms with van der Waals surface area (Å²) in [4.78, 5) is 23.7. The lowest BCUT2D eigenvalue weighted by Crippen LogP contribution is -2.51. The minimum absolute atomic E-state index is 0.110. The molecule has 0 bridgehead atoms. The molecule has 22 heavy (non-hydrogen) atoms. The standard InChI is InChI=1S/C16H24O6/c1-7-8(2)12(4-10-6-22-10)14(16(19)20)13(15(17)18)11(7)3-9-5-21-9/h7-14H,3-6H2,1-2H3,(H,17,18)(H,19,20). The fraction of sp³-hybridized carbons (Fsp3) is 0.875. The number of carboxylic acids is 2. The molecule has 6 nitrogen and oxygen atoms in total. The summed E-state index contributed by atoms with van der Waals surface area (Å²) < 4.78 is 10.5. The van der Waals surface area contributed by atoms with E-state index in [0.717, 1.165) is 0 Å². The van der Waals surface area contributed by atoms with Gasteiger partial charge in [-0.3, -0.25) is 9.59 Å². The van der Waals surface area contributed by atoms with Crippen LogP contribution < -0.4 is 0 Å².